The highest BCUT2D eigenvalue weighted by Gasteiger charge is 2.62. The summed E-state index contributed by atoms with van der Waals surface area (Å²) in [5.41, 5.74) is 2.46. The first-order chi connectivity index (χ1) is 12.5. The summed E-state index contributed by atoms with van der Waals surface area (Å²) in [4.78, 5) is 26.7. The molecule has 0 saturated heterocycles. The number of hydrogen-bond donors (Lipinski definition) is 1. The Morgan fingerprint density at radius 1 is 1.33 bits per heavy atom. The van der Waals surface area contributed by atoms with Gasteiger partial charge >= 0.3 is 5.97 Å². The number of methoxy groups -OCH3 is 1. The smallest absolute Gasteiger partial charge is 0.330 e. The fourth-order valence-corrected chi connectivity index (χ4v) is 5.94. The number of benzene rings is 1. The van der Waals surface area contributed by atoms with E-state index in [4.69, 9.17) is 9.47 Å². The molecule has 1 amide bonds. The molecule has 1 aliphatic rings. The summed E-state index contributed by atoms with van der Waals surface area (Å²) >= 11 is 0. The Labute approximate surface area is 162 Å². The molecule has 1 unspecified atom stereocenters. The van der Waals surface area contributed by atoms with Crippen molar-refractivity contribution >= 4 is 25.6 Å². The van der Waals surface area contributed by atoms with Crippen molar-refractivity contribution in [3.63, 3.8) is 0 Å². The second-order valence-corrected chi connectivity index (χ2v) is 13.5. The second-order valence-electron chi connectivity index (χ2n) is 8.23. The highest BCUT2D eigenvalue weighted by atomic mass is 28.3. The lowest BCUT2D eigenvalue weighted by Crippen LogP contribution is -2.55. The van der Waals surface area contributed by atoms with Gasteiger partial charge in [-0.25, -0.2) is 0 Å². The third kappa shape index (κ3) is 2.93. The standard InChI is InChI=1S/C21H29NO4Si/c1-9-16(27(7,8)20(3,4)5)21(19(24)26-10-2)14-12-11-13-15(25-6)17(14)22-18(21)23/h11-13H,1,10H2,2-8H3,(H,22,23). The van der Waals surface area contributed by atoms with Gasteiger partial charge in [-0.15, -0.1) is 5.73 Å². The quantitative estimate of drug-likeness (QED) is 0.356. The van der Waals surface area contributed by atoms with Crippen LogP contribution in [0.4, 0.5) is 5.69 Å². The highest BCUT2D eigenvalue weighted by Crippen LogP contribution is 2.53. The molecular formula is C21H29NO4Si. The molecule has 1 heterocycles. The third-order valence-electron chi connectivity index (χ3n) is 5.86. The lowest BCUT2D eigenvalue weighted by Gasteiger charge is -2.43. The molecule has 1 atom stereocenters. The first-order valence-electron chi connectivity index (χ1n) is 9.07. The van der Waals surface area contributed by atoms with Gasteiger partial charge in [-0.1, -0.05) is 52.6 Å². The summed E-state index contributed by atoms with van der Waals surface area (Å²) in [5, 5.41) is 3.35. The molecule has 1 N–H and O–H groups in total. The lowest BCUT2D eigenvalue weighted by molar-refractivity contribution is -0.151. The molecule has 0 aromatic heterocycles. The number of para-hydroxylation sites is 1. The minimum absolute atomic E-state index is 0.131. The molecule has 0 fully saturated rings. The van der Waals surface area contributed by atoms with Crippen LogP contribution >= 0.6 is 0 Å². The van der Waals surface area contributed by atoms with Crippen molar-refractivity contribution in [1.29, 1.82) is 0 Å². The van der Waals surface area contributed by atoms with E-state index in [-0.39, 0.29) is 11.6 Å². The third-order valence-corrected chi connectivity index (χ3v) is 11.4. The Balaban J connectivity index is 2.92. The number of carbonyl (C=O) groups excluding carboxylic acids is 2. The first kappa shape index (κ1) is 21.0. The maximum Gasteiger partial charge on any atom is 0.330 e. The molecule has 0 aliphatic carbocycles. The molecule has 1 aliphatic heterocycles. The summed E-state index contributed by atoms with van der Waals surface area (Å²) in [6.45, 7) is 16.4. The summed E-state index contributed by atoms with van der Waals surface area (Å²) in [6.07, 6.45) is 0. The minimum atomic E-state index is -2.36. The molecule has 2 rings (SSSR count). The van der Waals surface area contributed by atoms with Crippen LogP contribution in [0.2, 0.25) is 18.1 Å². The van der Waals surface area contributed by atoms with E-state index < -0.39 is 25.4 Å². The predicted molar refractivity (Wildman–Crippen MR) is 110 cm³/mol. The van der Waals surface area contributed by atoms with Gasteiger partial charge in [0.1, 0.15) is 5.75 Å². The second kappa shape index (κ2) is 7.02. The van der Waals surface area contributed by atoms with Crippen molar-refractivity contribution in [3.8, 4) is 5.75 Å². The molecule has 146 valence electrons. The number of fused-ring (bicyclic) bond motifs is 1. The van der Waals surface area contributed by atoms with Crippen LogP contribution in [0.15, 0.2) is 35.7 Å². The van der Waals surface area contributed by atoms with E-state index in [9.17, 15) is 9.59 Å². The van der Waals surface area contributed by atoms with E-state index in [0.29, 0.717) is 22.2 Å². The van der Waals surface area contributed by atoms with Gasteiger partial charge in [0, 0.05) is 5.56 Å². The fourth-order valence-electron chi connectivity index (χ4n) is 3.46. The van der Waals surface area contributed by atoms with Gasteiger partial charge in [0.15, 0.2) is 5.41 Å². The number of carbonyl (C=O) groups is 2. The van der Waals surface area contributed by atoms with Gasteiger partial charge in [0.25, 0.3) is 5.91 Å². The molecule has 1 aromatic carbocycles. The Morgan fingerprint density at radius 2 is 1.96 bits per heavy atom. The van der Waals surface area contributed by atoms with E-state index in [1.807, 2.05) is 0 Å². The molecule has 27 heavy (non-hydrogen) atoms. The van der Waals surface area contributed by atoms with Crippen LogP contribution in [0, 0.1) is 0 Å². The van der Waals surface area contributed by atoms with Gasteiger partial charge in [-0.2, -0.15) is 0 Å². The van der Waals surface area contributed by atoms with E-state index in [0.717, 1.165) is 0 Å². The van der Waals surface area contributed by atoms with Crippen molar-refractivity contribution in [3.05, 3.63) is 41.3 Å². The van der Waals surface area contributed by atoms with E-state index >= 15 is 0 Å². The Kier molecular flexibility index (Phi) is 5.46. The lowest BCUT2D eigenvalue weighted by atomic mass is 9.81. The van der Waals surface area contributed by atoms with Gasteiger partial charge in [-0.3, -0.25) is 9.59 Å². The average Bonchev–Trinajstić information content (AvgIpc) is 2.87. The van der Waals surface area contributed by atoms with Gasteiger partial charge < -0.3 is 14.8 Å². The van der Waals surface area contributed by atoms with Crippen molar-refractivity contribution < 1.29 is 19.1 Å². The first-order valence-corrected chi connectivity index (χ1v) is 12.1. The number of rotatable bonds is 5. The number of ether oxygens (including phenoxy) is 2. The van der Waals surface area contributed by atoms with E-state index in [1.165, 1.54) is 7.11 Å². The van der Waals surface area contributed by atoms with Crippen molar-refractivity contribution in [2.24, 2.45) is 0 Å². The normalized spacial score (nSPS) is 19.0. The van der Waals surface area contributed by atoms with Crippen LogP contribution < -0.4 is 10.1 Å². The van der Waals surface area contributed by atoms with Crippen LogP contribution in [-0.4, -0.2) is 33.7 Å². The molecule has 6 heteroatoms. The molecule has 1 aromatic rings. The summed E-state index contributed by atoms with van der Waals surface area (Å²) in [6, 6.07) is 5.30. The number of nitrogens with one attached hydrogen (secondary N) is 1. The SMILES string of the molecule is C=C=C(C1(C(=O)OCC)C(=O)Nc2c(OC)cccc21)[Si](C)(C)C(C)(C)C. The van der Waals surface area contributed by atoms with Crippen LogP contribution in [0.3, 0.4) is 0 Å². The maximum absolute atomic E-state index is 13.4. The minimum Gasteiger partial charge on any atom is -0.495 e. The monoisotopic (exact) mass is 387 g/mol. The number of hydrogen-bond acceptors (Lipinski definition) is 4. The van der Waals surface area contributed by atoms with Crippen molar-refractivity contribution in [1.82, 2.24) is 0 Å². The van der Waals surface area contributed by atoms with Crippen LogP contribution in [0.1, 0.15) is 33.3 Å². The molecule has 0 saturated carbocycles. The number of esters is 1. The molecular weight excluding hydrogens is 358 g/mol. The van der Waals surface area contributed by atoms with Crippen LogP contribution in [-0.2, 0) is 19.7 Å². The zero-order chi connectivity index (χ0) is 20.6. The van der Waals surface area contributed by atoms with Gasteiger partial charge in [-0.05, 0) is 23.2 Å². The summed E-state index contributed by atoms with van der Waals surface area (Å²) in [5.74, 6) is -0.521. The largest absolute Gasteiger partial charge is 0.495 e. The van der Waals surface area contributed by atoms with Crippen LogP contribution in [0.5, 0.6) is 5.75 Å². The Hall–Kier alpha value is -2.30. The maximum atomic E-state index is 13.4. The number of anilines is 1. The van der Waals surface area contributed by atoms with E-state index in [2.05, 4.69) is 51.5 Å². The van der Waals surface area contributed by atoms with Crippen molar-refractivity contribution in [2.75, 3.05) is 19.0 Å². The molecule has 0 bridgehead atoms. The van der Waals surface area contributed by atoms with Gasteiger partial charge in [0.2, 0.25) is 0 Å². The summed E-state index contributed by atoms with van der Waals surface area (Å²) in [7, 11) is -0.829. The predicted octanol–water partition coefficient (Wildman–Crippen LogP) is 4.21. The molecule has 0 radical (unpaired) electrons. The molecule has 0 spiro atoms. The van der Waals surface area contributed by atoms with Crippen LogP contribution in [0.25, 0.3) is 0 Å². The zero-order valence-corrected chi connectivity index (χ0v) is 18.3. The average molecular weight is 388 g/mol. The summed E-state index contributed by atoms with van der Waals surface area (Å²) < 4.78 is 10.8. The topological polar surface area (TPSA) is 64.6 Å². The Morgan fingerprint density at radius 3 is 2.44 bits per heavy atom. The van der Waals surface area contributed by atoms with Gasteiger partial charge in [0.05, 0.1) is 27.5 Å². The number of amides is 1. The van der Waals surface area contributed by atoms with E-state index in [1.54, 1.807) is 25.1 Å². The van der Waals surface area contributed by atoms with Crippen molar-refractivity contribution in [2.45, 2.75) is 51.2 Å². The zero-order valence-electron chi connectivity index (χ0n) is 17.3. The molecule has 5 nitrogen and oxygen atoms in total. The fraction of sp³-hybridized carbons (Fsp3) is 0.476. The Bertz CT molecular complexity index is 831. The highest BCUT2D eigenvalue weighted by molar-refractivity contribution is 6.88.